The van der Waals surface area contributed by atoms with Gasteiger partial charge in [-0.25, -0.2) is 14.5 Å². The molecular weight excluding hydrogens is 324 g/mol. The Labute approximate surface area is 148 Å². The van der Waals surface area contributed by atoms with Crippen LogP contribution in [0.3, 0.4) is 0 Å². The molecule has 0 saturated carbocycles. The zero-order valence-electron chi connectivity index (χ0n) is 14.7. The number of amides is 3. The highest BCUT2D eigenvalue weighted by molar-refractivity contribution is 5.92. The summed E-state index contributed by atoms with van der Waals surface area (Å²) in [5.74, 6) is -0.153. The molecule has 0 bridgehead atoms. The highest BCUT2D eigenvalue weighted by atomic mass is 16.5. The Hall–Kier alpha value is -2.41. The second kappa shape index (κ2) is 11.2. The van der Waals surface area contributed by atoms with Crippen LogP contribution in [-0.2, 0) is 16.1 Å². The van der Waals surface area contributed by atoms with Gasteiger partial charge in [-0.15, -0.1) is 0 Å². The fourth-order valence-electron chi connectivity index (χ4n) is 2.00. The molecule has 1 rings (SSSR count). The molecule has 3 amide bonds. The Balaban J connectivity index is 2.27. The molecule has 0 aromatic heterocycles. The summed E-state index contributed by atoms with van der Waals surface area (Å²) in [7, 11) is 0. The van der Waals surface area contributed by atoms with E-state index in [-0.39, 0.29) is 37.8 Å². The molecule has 0 aliphatic carbocycles. The molecule has 0 aliphatic rings. The third-order valence-corrected chi connectivity index (χ3v) is 3.74. The van der Waals surface area contributed by atoms with Crippen molar-refractivity contribution in [2.24, 2.45) is 5.92 Å². The van der Waals surface area contributed by atoms with Crippen molar-refractivity contribution < 1.29 is 24.2 Å². The maximum atomic E-state index is 11.9. The van der Waals surface area contributed by atoms with Gasteiger partial charge in [0.2, 0.25) is 0 Å². The van der Waals surface area contributed by atoms with Crippen molar-refractivity contribution in [2.45, 2.75) is 33.3 Å². The first-order valence-electron chi connectivity index (χ1n) is 8.35. The van der Waals surface area contributed by atoms with Crippen molar-refractivity contribution in [2.75, 3.05) is 19.7 Å². The van der Waals surface area contributed by atoms with Crippen molar-refractivity contribution in [1.29, 1.82) is 0 Å². The van der Waals surface area contributed by atoms with E-state index in [4.69, 9.17) is 9.84 Å². The maximum absolute atomic E-state index is 11.9. The predicted octanol–water partition coefficient (Wildman–Crippen LogP) is 2.90. The topological polar surface area (TPSA) is 95.9 Å². The Bertz CT molecular complexity index is 562. The smallest absolute Gasteiger partial charge is 0.415 e. The monoisotopic (exact) mass is 350 g/mol. The van der Waals surface area contributed by atoms with Crippen LogP contribution in [0.1, 0.15) is 32.3 Å². The molecule has 0 saturated heterocycles. The van der Waals surface area contributed by atoms with Crippen LogP contribution in [0.2, 0.25) is 0 Å². The molecular formula is C18H26N2O5. The SMILES string of the molecule is CCC(C)CN(C(=O)O)C(=O)NCC(=O)CCOCc1ccccc1. The van der Waals surface area contributed by atoms with E-state index in [9.17, 15) is 14.4 Å². The summed E-state index contributed by atoms with van der Waals surface area (Å²) in [6, 6.07) is 8.82. The summed E-state index contributed by atoms with van der Waals surface area (Å²) >= 11 is 0. The quantitative estimate of drug-likeness (QED) is 0.633. The predicted molar refractivity (Wildman–Crippen MR) is 93.3 cm³/mol. The molecule has 1 aromatic rings. The van der Waals surface area contributed by atoms with Gasteiger partial charge in [0.1, 0.15) is 0 Å². The normalized spacial score (nSPS) is 11.6. The van der Waals surface area contributed by atoms with Gasteiger partial charge >= 0.3 is 12.1 Å². The van der Waals surface area contributed by atoms with Gasteiger partial charge in [0.25, 0.3) is 0 Å². The molecule has 0 spiro atoms. The maximum Gasteiger partial charge on any atom is 0.415 e. The molecule has 1 atom stereocenters. The standard InChI is InChI=1S/C18H26N2O5/c1-3-14(2)12-20(18(23)24)17(22)19-11-16(21)9-10-25-13-15-7-5-4-6-8-15/h4-8,14H,3,9-13H2,1-2H3,(H,19,22)(H,23,24). The van der Waals surface area contributed by atoms with E-state index in [1.54, 1.807) is 0 Å². The number of Topliss-reactive ketones (excluding diaryl/α,β-unsaturated/α-hetero) is 1. The largest absolute Gasteiger partial charge is 0.465 e. The number of ether oxygens (including phenoxy) is 1. The molecule has 1 unspecified atom stereocenters. The summed E-state index contributed by atoms with van der Waals surface area (Å²) in [6.45, 7) is 4.34. The van der Waals surface area contributed by atoms with E-state index in [0.717, 1.165) is 12.0 Å². The van der Waals surface area contributed by atoms with Crippen LogP contribution in [0.15, 0.2) is 30.3 Å². The van der Waals surface area contributed by atoms with Crippen molar-refractivity contribution in [3.63, 3.8) is 0 Å². The van der Waals surface area contributed by atoms with Gasteiger partial charge in [-0.05, 0) is 11.5 Å². The van der Waals surface area contributed by atoms with E-state index in [2.05, 4.69) is 5.32 Å². The van der Waals surface area contributed by atoms with Gasteiger partial charge in [-0.3, -0.25) is 4.79 Å². The van der Waals surface area contributed by atoms with Crippen LogP contribution >= 0.6 is 0 Å². The van der Waals surface area contributed by atoms with E-state index in [0.29, 0.717) is 11.5 Å². The summed E-state index contributed by atoms with van der Waals surface area (Å²) in [6.07, 6.45) is -0.406. The van der Waals surface area contributed by atoms with E-state index < -0.39 is 12.1 Å². The number of carbonyl (C=O) groups is 3. The lowest BCUT2D eigenvalue weighted by Crippen LogP contribution is -2.46. The number of carbonyl (C=O) groups excluding carboxylic acids is 2. The number of rotatable bonds is 10. The first kappa shape index (κ1) is 20.6. The first-order valence-corrected chi connectivity index (χ1v) is 8.35. The Morgan fingerprint density at radius 1 is 1.24 bits per heavy atom. The number of nitrogens with zero attached hydrogens (tertiary/aromatic N) is 1. The summed E-state index contributed by atoms with van der Waals surface area (Å²) in [5.41, 5.74) is 1.02. The van der Waals surface area contributed by atoms with Crippen LogP contribution in [0.4, 0.5) is 9.59 Å². The molecule has 0 aliphatic heterocycles. The number of hydrogen-bond acceptors (Lipinski definition) is 4. The average molecular weight is 350 g/mol. The van der Waals surface area contributed by atoms with Crippen LogP contribution < -0.4 is 5.32 Å². The summed E-state index contributed by atoms with van der Waals surface area (Å²) in [4.78, 5) is 35.5. The van der Waals surface area contributed by atoms with E-state index >= 15 is 0 Å². The molecule has 0 radical (unpaired) electrons. The number of carboxylic acid groups (broad SMARTS) is 1. The second-order valence-electron chi connectivity index (χ2n) is 5.89. The van der Waals surface area contributed by atoms with Crippen molar-refractivity contribution in [3.05, 3.63) is 35.9 Å². The minimum Gasteiger partial charge on any atom is -0.465 e. The Kier molecular flexibility index (Phi) is 9.24. The number of benzene rings is 1. The lowest BCUT2D eigenvalue weighted by atomic mass is 10.1. The third-order valence-electron chi connectivity index (χ3n) is 3.74. The summed E-state index contributed by atoms with van der Waals surface area (Å²) in [5, 5.41) is 11.4. The minimum absolute atomic E-state index is 0.0592. The number of urea groups is 1. The molecule has 1 aromatic carbocycles. The zero-order chi connectivity index (χ0) is 18.7. The lowest BCUT2D eigenvalue weighted by Gasteiger charge is -2.20. The van der Waals surface area contributed by atoms with Gasteiger partial charge in [-0.2, -0.15) is 0 Å². The van der Waals surface area contributed by atoms with E-state index in [1.807, 2.05) is 44.2 Å². The van der Waals surface area contributed by atoms with Gasteiger partial charge in [0.15, 0.2) is 5.78 Å². The summed E-state index contributed by atoms with van der Waals surface area (Å²) < 4.78 is 5.41. The van der Waals surface area contributed by atoms with Crippen molar-refractivity contribution in [3.8, 4) is 0 Å². The average Bonchev–Trinajstić information content (AvgIpc) is 2.61. The van der Waals surface area contributed by atoms with Crippen molar-refractivity contribution in [1.82, 2.24) is 10.2 Å². The van der Waals surface area contributed by atoms with Crippen LogP contribution in [0.25, 0.3) is 0 Å². The number of imide groups is 1. The first-order chi connectivity index (χ1) is 11.9. The minimum atomic E-state index is -1.32. The number of nitrogens with one attached hydrogen (secondary N) is 1. The highest BCUT2D eigenvalue weighted by Crippen LogP contribution is 2.05. The number of ketones is 1. The fraction of sp³-hybridized carbons (Fsp3) is 0.500. The molecule has 138 valence electrons. The lowest BCUT2D eigenvalue weighted by molar-refractivity contribution is -0.119. The molecule has 2 N–H and O–H groups in total. The fourth-order valence-corrected chi connectivity index (χ4v) is 2.00. The molecule has 0 heterocycles. The van der Waals surface area contributed by atoms with Gasteiger partial charge in [-0.1, -0.05) is 50.6 Å². The molecule has 25 heavy (non-hydrogen) atoms. The molecule has 7 nitrogen and oxygen atoms in total. The van der Waals surface area contributed by atoms with Gasteiger partial charge in [0.05, 0.1) is 19.8 Å². The van der Waals surface area contributed by atoms with Gasteiger partial charge < -0.3 is 15.2 Å². The van der Waals surface area contributed by atoms with Crippen LogP contribution in [0, 0.1) is 5.92 Å². The Morgan fingerprint density at radius 3 is 2.52 bits per heavy atom. The van der Waals surface area contributed by atoms with Crippen LogP contribution in [0.5, 0.6) is 0 Å². The van der Waals surface area contributed by atoms with E-state index in [1.165, 1.54) is 0 Å². The van der Waals surface area contributed by atoms with Crippen LogP contribution in [-0.4, -0.2) is 47.6 Å². The number of hydrogen-bond donors (Lipinski definition) is 2. The highest BCUT2D eigenvalue weighted by Gasteiger charge is 2.22. The Morgan fingerprint density at radius 2 is 1.92 bits per heavy atom. The zero-order valence-corrected chi connectivity index (χ0v) is 14.7. The molecule has 0 fully saturated rings. The molecule has 7 heteroatoms. The third kappa shape index (κ3) is 8.30. The second-order valence-corrected chi connectivity index (χ2v) is 5.89. The van der Waals surface area contributed by atoms with Gasteiger partial charge in [0, 0.05) is 13.0 Å². The van der Waals surface area contributed by atoms with Crippen molar-refractivity contribution >= 4 is 17.9 Å².